The number of nitrogens with one attached hydrogen (secondary N) is 1. The van der Waals surface area contributed by atoms with Crippen LogP contribution in [0.2, 0.25) is 0 Å². The summed E-state index contributed by atoms with van der Waals surface area (Å²) in [4.78, 5) is 4.39. The summed E-state index contributed by atoms with van der Waals surface area (Å²) in [7, 11) is 2.07. The van der Waals surface area contributed by atoms with Gasteiger partial charge in [-0.05, 0) is 37.4 Å². The number of hydrogen-bond donors (Lipinski definition) is 1. The van der Waals surface area contributed by atoms with Crippen LogP contribution >= 0.6 is 11.8 Å². The molecular formula is C13H20N2S. The largest absolute Gasteiger partial charge is 0.315 e. The van der Waals surface area contributed by atoms with Crippen molar-refractivity contribution in [1.82, 2.24) is 10.3 Å². The second-order valence-electron chi connectivity index (χ2n) is 5.12. The van der Waals surface area contributed by atoms with Crippen LogP contribution in [0.4, 0.5) is 0 Å². The Kier molecular flexibility index (Phi) is 3.55. The van der Waals surface area contributed by atoms with Gasteiger partial charge >= 0.3 is 0 Å². The molecule has 0 aliphatic heterocycles. The smallest absolute Gasteiger partial charge is 0.0963 e. The van der Waals surface area contributed by atoms with E-state index in [0.717, 1.165) is 5.03 Å². The van der Waals surface area contributed by atoms with E-state index in [-0.39, 0.29) is 0 Å². The van der Waals surface area contributed by atoms with Crippen LogP contribution in [0, 0.1) is 5.41 Å². The molecule has 2 atom stereocenters. The molecule has 1 aliphatic rings. The standard InChI is InChI=1S/C13H20N2S/c1-13(2)8-7-10(12(13)14-3)16-11-6-4-5-9-15-11/h4-6,9-10,12,14H,7-8H2,1-3H3. The highest BCUT2D eigenvalue weighted by molar-refractivity contribution is 7.99. The Morgan fingerprint density at radius 1 is 1.44 bits per heavy atom. The highest BCUT2D eigenvalue weighted by Gasteiger charge is 2.41. The molecule has 88 valence electrons. The van der Waals surface area contributed by atoms with Crippen molar-refractivity contribution >= 4 is 11.8 Å². The molecule has 3 heteroatoms. The van der Waals surface area contributed by atoms with Gasteiger partial charge < -0.3 is 5.32 Å². The molecule has 0 bridgehead atoms. The molecule has 1 N–H and O–H groups in total. The molecule has 1 aromatic heterocycles. The van der Waals surface area contributed by atoms with Gasteiger partial charge in [-0.3, -0.25) is 0 Å². The second-order valence-corrected chi connectivity index (χ2v) is 6.38. The SMILES string of the molecule is CNC1C(Sc2ccccn2)CCC1(C)C. The molecule has 2 nitrogen and oxygen atoms in total. The lowest BCUT2D eigenvalue weighted by Gasteiger charge is -2.29. The van der Waals surface area contributed by atoms with E-state index in [1.54, 1.807) is 0 Å². The van der Waals surface area contributed by atoms with E-state index in [4.69, 9.17) is 0 Å². The molecule has 2 rings (SSSR count). The van der Waals surface area contributed by atoms with E-state index in [9.17, 15) is 0 Å². The van der Waals surface area contributed by atoms with Gasteiger partial charge in [-0.15, -0.1) is 11.8 Å². The van der Waals surface area contributed by atoms with Crippen molar-refractivity contribution < 1.29 is 0 Å². The Hall–Kier alpha value is -0.540. The van der Waals surface area contributed by atoms with Crippen LogP contribution in [0.1, 0.15) is 26.7 Å². The fourth-order valence-electron chi connectivity index (χ4n) is 2.62. The maximum atomic E-state index is 4.39. The molecule has 0 spiro atoms. The minimum absolute atomic E-state index is 0.404. The zero-order valence-electron chi connectivity index (χ0n) is 10.2. The molecule has 1 heterocycles. The summed E-state index contributed by atoms with van der Waals surface area (Å²) < 4.78 is 0. The van der Waals surface area contributed by atoms with E-state index in [1.165, 1.54) is 12.8 Å². The van der Waals surface area contributed by atoms with Crippen molar-refractivity contribution in [1.29, 1.82) is 0 Å². The lowest BCUT2D eigenvalue weighted by molar-refractivity contribution is 0.300. The molecule has 1 aromatic rings. The van der Waals surface area contributed by atoms with E-state index in [1.807, 2.05) is 24.0 Å². The van der Waals surface area contributed by atoms with Crippen molar-refractivity contribution in [2.45, 2.75) is 43.0 Å². The summed E-state index contributed by atoms with van der Waals surface area (Å²) in [6.07, 6.45) is 4.44. The number of hydrogen-bond acceptors (Lipinski definition) is 3. The zero-order chi connectivity index (χ0) is 11.6. The van der Waals surface area contributed by atoms with Crippen LogP contribution in [0.3, 0.4) is 0 Å². The lowest BCUT2D eigenvalue weighted by Crippen LogP contribution is -2.41. The normalized spacial score (nSPS) is 28.2. The maximum absolute atomic E-state index is 4.39. The van der Waals surface area contributed by atoms with E-state index in [2.05, 4.69) is 43.3 Å². The molecule has 2 unspecified atom stereocenters. The second kappa shape index (κ2) is 4.76. The summed E-state index contributed by atoms with van der Waals surface area (Å²) in [6.45, 7) is 4.71. The highest BCUT2D eigenvalue weighted by Crippen LogP contribution is 2.44. The number of nitrogens with zero attached hydrogens (tertiary/aromatic N) is 1. The van der Waals surface area contributed by atoms with Crippen molar-refractivity contribution in [2.24, 2.45) is 5.41 Å². The van der Waals surface area contributed by atoms with Crippen molar-refractivity contribution in [3.05, 3.63) is 24.4 Å². The fourth-order valence-corrected chi connectivity index (χ4v) is 4.08. The average Bonchev–Trinajstić information content (AvgIpc) is 2.55. The summed E-state index contributed by atoms with van der Waals surface area (Å²) in [5.74, 6) is 0. The molecular weight excluding hydrogens is 216 g/mol. The Morgan fingerprint density at radius 2 is 2.25 bits per heavy atom. The van der Waals surface area contributed by atoms with E-state index in [0.29, 0.717) is 16.7 Å². The third kappa shape index (κ3) is 2.41. The first kappa shape index (κ1) is 11.9. The minimum Gasteiger partial charge on any atom is -0.315 e. The number of thioether (sulfide) groups is 1. The van der Waals surface area contributed by atoms with Crippen molar-refractivity contribution in [3.63, 3.8) is 0 Å². The van der Waals surface area contributed by atoms with Gasteiger partial charge in [-0.2, -0.15) is 0 Å². The average molecular weight is 236 g/mol. The first-order valence-corrected chi connectivity index (χ1v) is 6.76. The highest BCUT2D eigenvalue weighted by atomic mass is 32.2. The van der Waals surface area contributed by atoms with Gasteiger partial charge in [0.1, 0.15) is 0 Å². The van der Waals surface area contributed by atoms with Gasteiger partial charge in [-0.1, -0.05) is 19.9 Å². The minimum atomic E-state index is 0.404. The summed E-state index contributed by atoms with van der Waals surface area (Å²) in [5, 5.41) is 5.27. The summed E-state index contributed by atoms with van der Waals surface area (Å²) in [6, 6.07) is 6.71. The Balaban J connectivity index is 2.06. The van der Waals surface area contributed by atoms with Crippen LogP contribution in [0.15, 0.2) is 29.4 Å². The lowest BCUT2D eigenvalue weighted by atomic mass is 9.87. The predicted molar refractivity (Wildman–Crippen MR) is 69.7 cm³/mol. The van der Waals surface area contributed by atoms with Crippen molar-refractivity contribution in [2.75, 3.05) is 7.05 Å². The van der Waals surface area contributed by atoms with Gasteiger partial charge in [0.15, 0.2) is 0 Å². The predicted octanol–water partition coefficient (Wildman–Crippen LogP) is 2.95. The van der Waals surface area contributed by atoms with E-state index >= 15 is 0 Å². The Labute approximate surface area is 102 Å². The third-order valence-electron chi connectivity index (χ3n) is 3.51. The Bertz CT molecular complexity index is 337. The van der Waals surface area contributed by atoms with Gasteiger partial charge in [0.25, 0.3) is 0 Å². The molecule has 0 amide bonds. The van der Waals surface area contributed by atoms with E-state index < -0.39 is 0 Å². The number of pyridine rings is 1. The Morgan fingerprint density at radius 3 is 2.88 bits per heavy atom. The fraction of sp³-hybridized carbons (Fsp3) is 0.615. The molecule has 0 saturated heterocycles. The molecule has 0 aromatic carbocycles. The first-order valence-electron chi connectivity index (χ1n) is 5.88. The number of rotatable bonds is 3. The quantitative estimate of drug-likeness (QED) is 0.873. The van der Waals surface area contributed by atoms with Crippen molar-refractivity contribution in [3.8, 4) is 0 Å². The topological polar surface area (TPSA) is 24.9 Å². The summed E-state index contributed by atoms with van der Waals surface area (Å²) >= 11 is 1.91. The monoisotopic (exact) mass is 236 g/mol. The zero-order valence-corrected chi connectivity index (χ0v) is 11.1. The van der Waals surface area contributed by atoms with Gasteiger partial charge in [0, 0.05) is 17.5 Å². The van der Waals surface area contributed by atoms with Crippen LogP contribution < -0.4 is 5.32 Å². The maximum Gasteiger partial charge on any atom is 0.0963 e. The molecule has 16 heavy (non-hydrogen) atoms. The van der Waals surface area contributed by atoms with Gasteiger partial charge in [-0.25, -0.2) is 4.98 Å². The van der Waals surface area contributed by atoms with Gasteiger partial charge in [0.05, 0.1) is 5.03 Å². The molecule has 1 fully saturated rings. The van der Waals surface area contributed by atoms with Crippen LogP contribution in [-0.2, 0) is 0 Å². The van der Waals surface area contributed by atoms with Crippen LogP contribution in [0.5, 0.6) is 0 Å². The van der Waals surface area contributed by atoms with Gasteiger partial charge in [0.2, 0.25) is 0 Å². The molecule has 0 radical (unpaired) electrons. The number of aromatic nitrogens is 1. The first-order chi connectivity index (χ1) is 7.63. The third-order valence-corrected chi connectivity index (χ3v) is 4.80. The molecule has 1 saturated carbocycles. The van der Waals surface area contributed by atoms with Crippen LogP contribution in [-0.4, -0.2) is 23.3 Å². The molecule has 1 aliphatic carbocycles. The summed E-state index contributed by atoms with van der Waals surface area (Å²) in [5.41, 5.74) is 0.404. The van der Waals surface area contributed by atoms with Crippen LogP contribution in [0.25, 0.3) is 0 Å².